The first-order valence-electron chi connectivity index (χ1n) is 8.47. The van der Waals surface area contributed by atoms with Gasteiger partial charge in [-0.1, -0.05) is 6.07 Å². The van der Waals surface area contributed by atoms with E-state index in [0.717, 1.165) is 61.1 Å². The molecule has 0 spiro atoms. The van der Waals surface area contributed by atoms with E-state index < -0.39 is 0 Å². The first-order chi connectivity index (χ1) is 11.7. The Morgan fingerprint density at radius 1 is 1.04 bits per heavy atom. The number of aromatic nitrogens is 3. The molecule has 6 heteroatoms. The van der Waals surface area contributed by atoms with Crippen LogP contribution in [0.3, 0.4) is 0 Å². The van der Waals surface area contributed by atoms with Crippen molar-refractivity contribution < 1.29 is 0 Å². The molecule has 126 valence electrons. The summed E-state index contributed by atoms with van der Waals surface area (Å²) in [7, 11) is 0. The van der Waals surface area contributed by atoms with E-state index in [1.54, 1.807) is 11.3 Å². The number of nitrogens with one attached hydrogen (secondary N) is 1. The third-order valence-electron chi connectivity index (χ3n) is 4.58. The monoisotopic (exact) mass is 341 g/mol. The van der Waals surface area contributed by atoms with Gasteiger partial charge in [0.1, 0.15) is 5.82 Å². The van der Waals surface area contributed by atoms with Crippen LogP contribution >= 0.6 is 11.3 Å². The summed E-state index contributed by atoms with van der Waals surface area (Å²) in [5, 5.41) is 3.33. The van der Waals surface area contributed by atoms with Crippen LogP contribution in [-0.4, -0.2) is 50.9 Å². The van der Waals surface area contributed by atoms with Crippen LogP contribution in [-0.2, 0) is 13.1 Å². The van der Waals surface area contributed by atoms with Gasteiger partial charge >= 0.3 is 0 Å². The lowest BCUT2D eigenvalue weighted by atomic mass is 10.2. The molecule has 24 heavy (non-hydrogen) atoms. The third kappa shape index (κ3) is 3.50. The molecule has 0 bridgehead atoms. The normalized spacial score (nSPS) is 16.9. The number of nitrogens with zero attached hydrogens (tertiary/aromatic N) is 4. The predicted molar refractivity (Wildman–Crippen MR) is 98.2 cm³/mol. The summed E-state index contributed by atoms with van der Waals surface area (Å²) in [6, 6.07) is 6.38. The number of piperazine rings is 1. The number of aromatic amines is 1. The Morgan fingerprint density at radius 3 is 2.50 bits per heavy atom. The maximum absolute atomic E-state index is 4.72. The zero-order chi connectivity index (χ0) is 16.5. The molecule has 3 aromatic rings. The van der Waals surface area contributed by atoms with Crippen LogP contribution in [0.2, 0.25) is 0 Å². The summed E-state index contributed by atoms with van der Waals surface area (Å²) < 4.78 is 0. The molecule has 1 aliphatic heterocycles. The largest absolute Gasteiger partial charge is 0.341 e. The minimum absolute atomic E-state index is 0.900. The van der Waals surface area contributed by atoms with Gasteiger partial charge in [-0.15, -0.1) is 11.3 Å². The average molecular weight is 341 g/mol. The summed E-state index contributed by atoms with van der Waals surface area (Å²) in [5.41, 5.74) is 4.68. The Labute approximate surface area is 146 Å². The molecule has 1 saturated heterocycles. The van der Waals surface area contributed by atoms with Gasteiger partial charge in [0.2, 0.25) is 0 Å². The number of benzene rings is 1. The van der Waals surface area contributed by atoms with E-state index in [0.29, 0.717) is 0 Å². The summed E-state index contributed by atoms with van der Waals surface area (Å²) in [6.45, 7) is 10.4. The van der Waals surface area contributed by atoms with Crippen molar-refractivity contribution >= 4 is 22.4 Å². The zero-order valence-corrected chi connectivity index (χ0v) is 15.1. The van der Waals surface area contributed by atoms with Gasteiger partial charge in [-0.05, 0) is 31.5 Å². The molecule has 0 aliphatic carbocycles. The lowest BCUT2D eigenvalue weighted by Crippen LogP contribution is -2.45. The highest BCUT2D eigenvalue weighted by Gasteiger charge is 2.18. The van der Waals surface area contributed by atoms with Crippen molar-refractivity contribution in [1.82, 2.24) is 24.8 Å². The number of imidazole rings is 1. The highest BCUT2D eigenvalue weighted by Crippen LogP contribution is 2.16. The van der Waals surface area contributed by atoms with E-state index in [1.807, 2.05) is 0 Å². The van der Waals surface area contributed by atoms with Crippen molar-refractivity contribution in [3.05, 3.63) is 45.7 Å². The van der Waals surface area contributed by atoms with Gasteiger partial charge in [0, 0.05) is 38.1 Å². The Balaban J connectivity index is 1.33. The van der Waals surface area contributed by atoms with Crippen LogP contribution in [0.1, 0.15) is 22.1 Å². The topological polar surface area (TPSA) is 48.1 Å². The van der Waals surface area contributed by atoms with E-state index in [9.17, 15) is 0 Å². The molecule has 3 heterocycles. The quantitative estimate of drug-likeness (QED) is 0.793. The molecule has 1 aromatic carbocycles. The standard InChI is InChI=1S/C18H23N5S/c1-13-3-4-16-17(9-13)21-18(20-16)11-23-7-5-22(6-8-23)10-15-12-24-14(2)19-15/h3-4,9,12H,5-8,10-11H2,1-2H3,(H,20,21). The maximum Gasteiger partial charge on any atom is 0.121 e. The molecule has 4 rings (SSSR count). The van der Waals surface area contributed by atoms with Gasteiger partial charge in [-0.3, -0.25) is 9.80 Å². The summed E-state index contributed by atoms with van der Waals surface area (Å²) >= 11 is 1.74. The summed E-state index contributed by atoms with van der Waals surface area (Å²) in [6.07, 6.45) is 0. The number of thiazole rings is 1. The van der Waals surface area contributed by atoms with E-state index in [-0.39, 0.29) is 0 Å². The van der Waals surface area contributed by atoms with Gasteiger partial charge < -0.3 is 4.98 Å². The van der Waals surface area contributed by atoms with Crippen LogP contribution in [0.25, 0.3) is 11.0 Å². The Hall–Kier alpha value is -1.76. The zero-order valence-electron chi connectivity index (χ0n) is 14.2. The first-order valence-corrected chi connectivity index (χ1v) is 9.35. The second-order valence-electron chi connectivity index (χ2n) is 6.61. The van der Waals surface area contributed by atoms with Crippen LogP contribution < -0.4 is 0 Å². The van der Waals surface area contributed by atoms with E-state index in [1.165, 1.54) is 11.3 Å². The third-order valence-corrected chi connectivity index (χ3v) is 5.40. The number of aryl methyl sites for hydroxylation is 2. The lowest BCUT2D eigenvalue weighted by Gasteiger charge is -2.33. The van der Waals surface area contributed by atoms with Crippen molar-refractivity contribution in [2.24, 2.45) is 0 Å². The van der Waals surface area contributed by atoms with Gasteiger partial charge in [-0.2, -0.15) is 0 Å². The average Bonchev–Trinajstić information content (AvgIpc) is 3.14. The minimum atomic E-state index is 0.900. The summed E-state index contributed by atoms with van der Waals surface area (Å²) in [5.74, 6) is 1.07. The Bertz CT molecular complexity index is 829. The fraction of sp³-hybridized carbons (Fsp3) is 0.444. The number of H-pyrrole nitrogens is 1. The second kappa shape index (κ2) is 6.63. The van der Waals surface area contributed by atoms with Gasteiger partial charge in [0.25, 0.3) is 0 Å². The molecule has 2 aromatic heterocycles. The Morgan fingerprint density at radius 2 is 1.79 bits per heavy atom. The highest BCUT2D eigenvalue weighted by atomic mass is 32.1. The first kappa shape index (κ1) is 15.7. The predicted octanol–water partition coefficient (Wildman–Crippen LogP) is 2.95. The molecule has 0 saturated carbocycles. The second-order valence-corrected chi connectivity index (χ2v) is 7.68. The van der Waals surface area contributed by atoms with Crippen molar-refractivity contribution in [2.75, 3.05) is 26.2 Å². The van der Waals surface area contributed by atoms with E-state index in [4.69, 9.17) is 4.98 Å². The van der Waals surface area contributed by atoms with E-state index >= 15 is 0 Å². The molecule has 1 aliphatic rings. The SMILES string of the molecule is Cc1ccc2nc(CN3CCN(Cc4csc(C)n4)CC3)[nH]c2c1. The molecule has 1 fully saturated rings. The number of rotatable bonds is 4. The van der Waals surface area contributed by atoms with Crippen LogP contribution in [0, 0.1) is 13.8 Å². The number of fused-ring (bicyclic) bond motifs is 1. The minimum Gasteiger partial charge on any atom is -0.341 e. The number of hydrogen-bond donors (Lipinski definition) is 1. The highest BCUT2D eigenvalue weighted by molar-refractivity contribution is 7.09. The molecule has 5 nitrogen and oxygen atoms in total. The lowest BCUT2D eigenvalue weighted by molar-refractivity contribution is 0.119. The Kier molecular flexibility index (Phi) is 4.35. The van der Waals surface area contributed by atoms with Crippen molar-refractivity contribution in [2.45, 2.75) is 26.9 Å². The number of hydrogen-bond acceptors (Lipinski definition) is 5. The smallest absolute Gasteiger partial charge is 0.121 e. The van der Waals surface area contributed by atoms with Crippen molar-refractivity contribution in [3.63, 3.8) is 0 Å². The molecule has 0 atom stereocenters. The van der Waals surface area contributed by atoms with Crippen LogP contribution in [0.4, 0.5) is 0 Å². The molecule has 0 amide bonds. The van der Waals surface area contributed by atoms with Crippen LogP contribution in [0.15, 0.2) is 23.6 Å². The maximum atomic E-state index is 4.72. The van der Waals surface area contributed by atoms with E-state index in [2.05, 4.69) is 57.2 Å². The molecular weight excluding hydrogens is 318 g/mol. The summed E-state index contributed by atoms with van der Waals surface area (Å²) in [4.78, 5) is 17.7. The molecule has 1 N–H and O–H groups in total. The van der Waals surface area contributed by atoms with Gasteiger partial charge in [0.05, 0.1) is 28.3 Å². The van der Waals surface area contributed by atoms with Crippen molar-refractivity contribution in [1.29, 1.82) is 0 Å². The van der Waals surface area contributed by atoms with Gasteiger partial charge in [0.15, 0.2) is 0 Å². The fourth-order valence-corrected chi connectivity index (χ4v) is 3.88. The van der Waals surface area contributed by atoms with Crippen molar-refractivity contribution in [3.8, 4) is 0 Å². The fourth-order valence-electron chi connectivity index (χ4n) is 3.28. The molecule has 0 unspecified atom stereocenters. The van der Waals surface area contributed by atoms with Gasteiger partial charge in [-0.25, -0.2) is 9.97 Å². The molecular formula is C18H23N5S. The molecule has 0 radical (unpaired) electrons. The van der Waals surface area contributed by atoms with Crippen LogP contribution in [0.5, 0.6) is 0 Å².